The molecule has 13 nitrogen and oxygen atoms in total. The quantitative estimate of drug-likeness (QED) is 0.146. The maximum atomic E-state index is 13.2. The molecule has 230 valence electrons. The zero-order chi connectivity index (χ0) is 31.2. The van der Waals surface area contributed by atoms with Gasteiger partial charge in [0.1, 0.15) is 6.04 Å². The smallest absolute Gasteiger partial charge is 0.326 e. The first-order chi connectivity index (χ1) is 21.3. The SMILES string of the molecule is COc1cc(C2=C(c3cn(CCCNC(=O)NC(Cc4cnc[nH]4)C(=O)O)c4ccccc34)C(=O)NC2)cc(OC)c1OC. The second-order valence-corrected chi connectivity index (χ2v) is 10.1. The van der Waals surface area contributed by atoms with Crippen molar-refractivity contribution in [1.29, 1.82) is 0 Å². The van der Waals surface area contributed by atoms with Gasteiger partial charge in [-0.2, -0.15) is 0 Å². The van der Waals surface area contributed by atoms with E-state index in [0.717, 1.165) is 27.6 Å². The monoisotopic (exact) mass is 602 g/mol. The van der Waals surface area contributed by atoms with Gasteiger partial charge in [-0.3, -0.25) is 4.79 Å². The van der Waals surface area contributed by atoms with E-state index in [0.29, 0.717) is 54.6 Å². The number of ether oxygens (including phenoxy) is 3. The van der Waals surface area contributed by atoms with E-state index in [1.54, 1.807) is 14.2 Å². The van der Waals surface area contributed by atoms with Gasteiger partial charge >= 0.3 is 12.0 Å². The second kappa shape index (κ2) is 13.2. The fourth-order valence-corrected chi connectivity index (χ4v) is 5.38. The fraction of sp³-hybridized carbons (Fsp3) is 0.290. The number of nitrogens with one attached hydrogen (secondary N) is 4. The summed E-state index contributed by atoms with van der Waals surface area (Å²) in [6.07, 6.45) is 5.57. The largest absolute Gasteiger partial charge is 0.493 e. The van der Waals surface area contributed by atoms with Crippen molar-refractivity contribution in [3.05, 3.63) is 71.9 Å². The van der Waals surface area contributed by atoms with Crippen LogP contribution in [-0.2, 0) is 22.6 Å². The molecule has 1 aliphatic rings. The van der Waals surface area contributed by atoms with E-state index in [2.05, 4.69) is 25.9 Å². The number of aromatic amines is 1. The molecule has 0 spiro atoms. The molecule has 44 heavy (non-hydrogen) atoms. The van der Waals surface area contributed by atoms with Gasteiger partial charge in [0.2, 0.25) is 5.75 Å². The zero-order valence-electron chi connectivity index (χ0n) is 24.6. The molecule has 3 heterocycles. The fourth-order valence-electron chi connectivity index (χ4n) is 5.38. The number of carbonyl (C=O) groups excluding carboxylic acids is 2. The molecule has 0 aliphatic carbocycles. The minimum absolute atomic E-state index is 0.0857. The number of para-hydroxylation sites is 1. The minimum atomic E-state index is -1.14. The number of hydrogen-bond acceptors (Lipinski definition) is 7. The third-order valence-electron chi connectivity index (χ3n) is 7.47. The highest BCUT2D eigenvalue weighted by Crippen LogP contribution is 2.43. The molecule has 0 bridgehead atoms. The maximum Gasteiger partial charge on any atom is 0.326 e. The van der Waals surface area contributed by atoms with Crippen molar-refractivity contribution >= 4 is 40.0 Å². The number of nitrogens with zero attached hydrogens (tertiary/aromatic N) is 2. The lowest BCUT2D eigenvalue weighted by molar-refractivity contribution is -0.139. The molecule has 4 aromatic rings. The number of carbonyl (C=O) groups is 3. The van der Waals surface area contributed by atoms with Gasteiger partial charge in [-0.15, -0.1) is 0 Å². The van der Waals surface area contributed by atoms with Crippen LogP contribution >= 0.6 is 0 Å². The summed E-state index contributed by atoms with van der Waals surface area (Å²) in [7, 11) is 4.64. The van der Waals surface area contributed by atoms with Crippen molar-refractivity contribution in [2.75, 3.05) is 34.4 Å². The summed E-state index contributed by atoms with van der Waals surface area (Å²) in [5, 5.41) is 18.6. The van der Waals surface area contributed by atoms with Crippen LogP contribution in [0.1, 0.15) is 23.2 Å². The number of fused-ring (bicyclic) bond motifs is 1. The highest BCUT2D eigenvalue weighted by atomic mass is 16.5. The van der Waals surface area contributed by atoms with Crippen LogP contribution in [0.25, 0.3) is 22.0 Å². The molecular formula is C31H34N6O7. The van der Waals surface area contributed by atoms with E-state index in [4.69, 9.17) is 14.2 Å². The van der Waals surface area contributed by atoms with Gasteiger partial charge in [-0.1, -0.05) is 18.2 Å². The van der Waals surface area contributed by atoms with Crippen molar-refractivity contribution in [1.82, 2.24) is 30.5 Å². The molecule has 0 fully saturated rings. The number of hydrogen-bond donors (Lipinski definition) is 5. The first-order valence-corrected chi connectivity index (χ1v) is 14.0. The lowest BCUT2D eigenvalue weighted by Crippen LogP contribution is -2.47. The average molecular weight is 603 g/mol. The molecule has 1 unspecified atom stereocenters. The molecule has 13 heteroatoms. The van der Waals surface area contributed by atoms with Gasteiger partial charge in [0, 0.05) is 60.6 Å². The van der Waals surface area contributed by atoms with Gasteiger partial charge in [0.15, 0.2) is 11.5 Å². The molecule has 5 N–H and O–H groups in total. The Morgan fingerprint density at radius 2 is 1.86 bits per heavy atom. The van der Waals surface area contributed by atoms with Gasteiger partial charge in [-0.05, 0) is 35.8 Å². The number of rotatable bonds is 13. The molecule has 0 radical (unpaired) electrons. The third-order valence-corrected chi connectivity index (χ3v) is 7.47. The second-order valence-electron chi connectivity index (χ2n) is 10.1. The van der Waals surface area contributed by atoms with Crippen LogP contribution in [0, 0.1) is 0 Å². The van der Waals surface area contributed by atoms with Crippen LogP contribution in [0.15, 0.2) is 55.1 Å². The van der Waals surface area contributed by atoms with Gasteiger partial charge in [-0.25, -0.2) is 14.6 Å². The number of aromatic nitrogens is 3. The Labute approximate surface area is 253 Å². The summed E-state index contributed by atoms with van der Waals surface area (Å²) in [6, 6.07) is 9.81. The van der Waals surface area contributed by atoms with Gasteiger partial charge in [0.05, 0.1) is 33.2 Å². The summed E-state index contributed by atoms with van der Waals surface area (Å²) in [4.78, 5) is 44.0. The van der Waals surface area contributed by atoms with E-state index >= 15 is 0 Å². The van der Waals surface area contributed by atoms with E-state index in [1.165, 1.54) is 19.6 Å². The molecule has 1 aliphatic heterocycles. The van der Waals surface area contributed by atoms with Crippen molar-refractivity contribution in [3.63, 3.8) is 0 Å². The Hall–Kier alpha value is -5.46. The molecule has 2 aromatic heterocycles. The third kappa shape index (κ3) is 6.16. The molecule has 1 atom stereocenters. The van der Waals surface area contributed by atoms with Crippen LogP contribution in [0.3, 0.4) is 0 Å². The number of amides is 3. The van der Waals surface area contributed by atoms with Crippen LogP contribution < -0.4 is 30.2 Å². The molecule has 3 amide bonds. The topological polar surface area (TPSA) is 169 Å². The highest BCUT2D eigenvalue weighted by Gasteiger charge is 2.29. The van der Waals surface area contributed by atoms with Gasteiger partial charge in [0.25, 0.3) is 5.91 Å². The predicted octanol–water partition coefficient (Wildman–Crippen LogP) is 2.82. The normalized spacial score (nSPS) is 13.5. The number of methoxy groups -OCH3 is 3. The molecule has 0 saturated carbocycles. The van der Waals surface area contributed by atoms with Crippen LogP contribution in [0.2, 0.25) is 0 Å². The Balaban J connectivity index is 1.34. The summed E-state index contributed by atoms with van der Waals surface area (Å²) in [5.41, 5.74) is 4.46. The van der Waals surface area contributed by atoms with Crippen molar-refractivity contribution < 1.29 is 33.7 Å². The van der Waals surface area contributed by atoms with Crippen molar-refractivity contribution in [2.24, 2.45) is 0 Å². The maximum absolute atomic E-state index is 13.2. The van der Waals surface area contributed by atoms with E-state index in [-0.39, 0.29) is 12.3 Å². The molecule has 0 saturated heterocycles. The number of carboxylic acid groups (broad SMARTS) is 1. The molecule has 2 aromatic carbocycles. The van der Waals surface area contributed by atoms with Crippen LogP contribution in [-0.4, -0.2) is 78.0 Å². The first kappa shape index (κ1) is 30.0. The van der Waals surface area contributed by atoms with E-state index in [9.17, 15) is 19.5 Å². The zero-order valence-corrected chi connectivity index (χ0v) is 24.6. The van der Waals surface area contributed by atoms with Gasteiger partial charge < -0.3 is 44.8 Å². The number of urea groups is 1. The van der Waals surface area contributed by atoms with Crippen LogP contribution in [0.5, 0.6) is 17.2 Å². The summed E-state index contributed by atoms with van der Waals surface area (Å²) in [5.74, 6) is 0.120. The Bertz CT molecular complexity index is 1680. The predicted molar refractivity (Wildman–Crippen MR) is 163 cm³/mol. The highest BCUT2D eigenvalue weighted by molar-refractivity contribution is 6.32. The van der Waals surface area contributed by atoms with Crippen molar-refractivity contribution in [3.8, 4) is 17.2 Å². The Kier molecular flexibility index (Phi) is 9.03. The molecule has 5 rings (SSSR count). The summed E-state index contributed by atoms with van der Waals surface area (Å²) in [6.45, 7) is 1.19. The number of carboxylic acids is 1. The summed E-state index contributed by atoms with van der Waals surface area (Å²) < 4.78 is 18.6. The lowest BCUT2D eigenvalue weighted by Gasteiger charge is -2.15. The minimum Gasteiger partial charge on any atom is -0.493 e. The Morgan fingerprint density at radius 1 is 1.11 bits per heavy atom. The summed E-state index contributed by atoms with van der Waals surface area (Å²) >= 11 is 0. The number of H-pyrrole nitrogens is 1. The Morgan fingerprint density at radius 3 is 2.52 bits per heavy atom. The number of benzene rings is 2. The average Bonchev–Trinajstić information content (AvgIpc) is 3.77. The number of imidazole rings is 1. The number of aryl methyl sites for hydroxylation is 1. The van der Waals surface area contributed by atoms with Crippen LogP contribution in [0.4, 0.5) is 4.79 Å². The number of aliphatic carboxylic acids is 1. The molecular weight excluding hydrogens is 568 g/mol. The standard InChI is InChI=1S/C31H34N6O7/c1-42-25-11-18(12-26(43-2)28(25)44-3)21-15-34-29(38)27(21)22-16-37(24-8-5-4-7-20(22)24)10-6-9-33-31(41)36-23(30(39)40)13-19-14-32-17-35-19/h4-5,7-8,11-12,14,16-17,23H,6,9-10,13,15H2,1-3H3,(H,32,35)(H,34,38)(H,39,40)(H2,33,36,41). The lowest BCUT2D eigenvalue weighted by atomic mass is 9.96. The van der Waals surface area contributed by atoms with E-state index < -0.39 is 18.0 Å². The van der Waals surface area contributed by atoms with Crippen molar-refractivity contribution in [2.45, 2.75) is 25.4 Å². The first-order valence-electron chi connectivity index (χ1n) is 14.0. The van der Waals surface area contributed by atoms with E-state index in [1.807, 2.05) is 47.2 Å².